The van der Waals surface area contributed by atoms with Gasteiger partial charge < -0.3 is 10.2 Å². The van der Waals surface area contributed by atoms with E-state index in [0.717, 1.165) is 18.6 Å². The predicted octanol–water partition coefficient (Wildman–Crippen LogP) is 3.77. The van der Waals surface area contributed by atoms with Gasteiger partial charge in [0.25, 0.3) is 0 Å². The van der Waals surface area contributed by atoms with Crippen LogP contribution in [-0.2, 0) is 9.59 Å². The molecule has 27 heavy (non-hydrogen) atoms. The van der Waals surface area contributed by atoms with Gasteiger partial charge in [-0.1, -0.05) is 33.8 Å². The summed E-state index contributed by atoms with van der Waals surface area (Å²) in [5.74, 6) is -1.67. The molecule has 1 N–H and O–H groups in total. The fourth-order valence-electron chi connectivity index (χ4n) is 3.36. The zero-order valence-electron chi connectivity index (χ0n) is 16.3. The van der Waals surface area contributed by atoms with E-state index in [2.05, 4.69) is 19.2 Å². The Hall–Kier alpha value is -2.24. The zero-order valence-corrected chi connectivity index (χ0v) is 16.3. The van der Waals surface area contributed by atoms with E-state index in [1.165, 1.54) is 18.2 Å². The molecule has 2 atom stereocenters. The summed E-state index contributed by atoms with van der Waals surface area (Å²) in [5, 5.41) is 3.03. The van der Waals surface area contributed by atoms with Crippen LogP contribution in [0.3, 0.4) is 0 Å². The van der Waals surface area contributed by atoms with Crippen molar-refractivity contribution >= 4 is 17.9 Å². The molecule has 1 fully saturated rings. The molecule has 0 aliphatic carbocycles. The molecular formula is C21H28F2N2O2. The molecule has 0 spiro atoms. The van der Waals surface area contributed by atoms with Crippen LogP contribution in [0, 0.1) is 23.5 Å². The molecule has 1 aromatic carbocycles. The number of nitrogens with one attached hydrogen (secondary N) is 1. The maximum atomic E-state index is 13.3. The van der Waals surface area contributed by atoms with E-state index >= 15 is 0 Å². The van der Waals surface area contributed by atoms with Gasteiger partial charge in [-0.25, -0.2) is 8.78 Å². The number of piperazine rings is 1. The standard InChI is InChI=1S/C21H28F2N2O2/c1-13(2)9-16-12-25(19(10-14(3)4)21(27)24-16)20(26)8-6-15-5-7-17(22)18(23)11-15/h5-8,11,13-14,16,19H,9-10,12H2,1-4H3,(H,24,27)/t16-,19-/m0/s1. The van der Waals surface area contributed by atoms with E-state index in [9.17, 15) is 18.4 Å². The number of nitrogens with zero attached hydrogens (tertiary/aromatic N) is 1. The number of carbonyl (C=O) groups excluding carboxylic acids is 2. The van der Waals surface area contributed by atoms with Gasteiger partial charge in [0, 0.05) is 18.7 Å². The highest BCUT2D eigenvalue weighted by Gasteiger charge is 2.36. The van der Waals surface area contributed by atoms with Crippen molar-refractivity contribution in [2.45, 2.75) is 52.6 Å². The van der Waals surface area contributed by atoms with Crippen LogP contribution in [0.5, 0.6) is 0 Å². The molecule has 0 bridgehead atoms. The Kier molecular flexibility index (Phi) is 7.11. The van der Waals surface area contributed by atoms with Crippen molar-refractivity contribution in [2.75, 3.05) is 6.54 Å². The molecule has 1 aliphatic rings. The van der Waals surface area contributed by atoms with Crippen LogP contribution in [0.15, 0.2) is 24.3 Å². The Balaban J connectivity index is 2.19. The van der Waals surface area contributed by atoms with E-state index in [1.54, 1.807) is 4.90 Å². The van der Waals surface area contributed by atoms with Crippen LogP contribution in [0.4, 0.5) is 8.78 Å². The minimum absolute atomic E-state index is 0.0819. The SMILES string of the molecule is CC(C)C[C@H]1CN(C(=O)C=Cc2ccc(F)c(F)c2)[C@@H](CC(C)C)C(=O)N1. The monoisotopic (exact) mass is 378 g/mol. The largest absolute Gasteiger partial charge is 0.350 e. The molecule has 1 saturated heterocycles. The fraction of sp³-hybridized carbons (Fsp3) is 0.524. The first-order valence-corrected chi connectivity index (χ1v) is 9.41. The summed E-state index contributed by atoms with van der Waals surface area (Å²) in [6.45, 7) is 8.60. The maximum Gasteiger partial charge on any atom is 0.247 e. The van der Waals surface area contributed by atoms with Crippen LogP contribution in [0.25, 0.3) is 6.08 Å². The van der Waals surface area contributed by atoms with Crippen LogP contribution in [0.1, 0.15) is 46.1 Å². The van der Waals surface area contributed by atoms with Crippen molar-refractivity contribution in [3.05, 3.63) is 41.5 Å². The van der Waals surface area contributed by atoms with Gasteiger partial charge in [-0.15, -0.1) is 0 Å². The minimum Gasteiger partial charge on any atom is -0.350 e. The molecule has 0 unspecified atom stereocenters. The Bertz CT molecular complexity index is 716. The van der Waals surface area contributed by atoms with E-state index < -0.39 is 17.7 Å². The van der Waals surface area contributed by atoms with Gasteiger partial charge in [-0.3, -0.25) is 9.59 Å². The van der Waals surface area contributed by atoms with Crippen molar-refractivity contribution in [3.63, 3.8) is 0 Å². The van der Waals surface area contributed by atoms with E-state index in [0.29, 0.717) is 24.4 Å². The normalized spacial score (nSPS) is 20.6. The van der Waals surface area contributed by atoms with Crippen molar-refractivity contribution < 1.29 is 18.4 Å². The number of halogens is 2. The first-order valence-electron chi connectivity index (χ1n) is 9.41. The third-order valence-electron chi connectivity index (χ3n) is 4.54. The summed E-state index contributed by atoms with van der Waals surface area (Å²) in [5.41, 5.74) is 0.392. The van der Waals surface area contributed by atoms with Crippen molar-refractivity contribution in [1.29, 1.82) is 0 Å². The Labute approximate surface area is 159 Å². The lowest BCUT2D eigenvalue weighted by atomic mass is 9.95. The minimum atomic E-state index is -0.961. The zero-order chi connectivity index (χ0) is 20.1. The van der Waals surface area contributed by atoms with Gasteiger partial charge in [0.2, 0.25) is 11.8 Å². The molecule has 2 rings (SSSR count). The number of carbonyl (C=O) groups is 2. The molecule has 0 aromatic heterocycles. The van der Waals surface area contributed by atoms with Crippen LogP contribution in [-0.4, -0.2) is 35.3 Å². The molecule has 0 saturated carbocycles. The second-order valence-electron chi connectivity index (χ2n) is 7.98. The van der Waals surface area contributed by atoms with Crippen molar-refractivity contribution in [3.8, 4) is 0 Å². The van der Waals surface area contributed by atoms with Crippen LogP contribution >= 0.6 is 0 Å². The van der Waals surface area contributed by atoms with Gasteiger partial charge in [-0.05, 0) is 48.4 Å². The molecule has 0 radical (unpaired) electrons. The topological polar surface area (TPSA) is 49.4 Å². The number of hydrogen-bond acceptors (Lipinski definition) is 2. The first-order chi connectivity index (χ1) is 12.7. The molecular weight excluding hydrogens is 350 g/mol. The summed E-state index contributed by atoms with van der Waals surface area (Å²) in [6, 6.07) is 2.86. The molecule has 4 nitrogen and oxygen atoms in total. The van der Waals surface area contributed by atoms with Gasteiger partial charge >= 0.3 is 0 Å². The molecule has 148 valence electrons. The molecule has 2 amide bonds. The summed E-state index contributed by atoms with van der Waals surface area (Å²) >= 11 is 0. The van der Waals surface area contributed by atoms with Gasteiger partial charge in [0.05, 0.1) is 0 Å². The quantitative estimate of drug-likeness (QED) is 0.766. The highest BCUT2D eigenvalue weighted by molar-refractivity contribution is 5.96. The predicted molar refractivity (Wildman–Crippen MR) is 102 cm³/mol. The maximum absolute atomic E-state index is 13.3. The molecule has 1 aromatic rings. The lowest BCUT2D eigenvalue weighted by molar-refractivity contribution is -0.142. The summed E-state index contributed by atoms with van der Waals surface area (Å²) in [6.07, 6.45) is 4.13. The smallest absolute Gasteiger partial charge is 0.247 e. The summed E-state index contributed by atoms with van der Waals surface area (Å²) in [4.78, 5) is 27.0. The highest BCUT2D eigenvalue weighted by atomic mass is 19.2. The van der Waals surface area contributed by atoms with Crippen molar-refractivity contribution in [1.82, 2.24) is 10.2 Å². The van der Waals surface area contributed by atoms with E-state index in [1.807, 2.05) is 13.8 Å². The second-order valence-corrected chi connectivity index (χ2v) is 7.98. The third kappa shape index (κ3) is 5.88. The van der Waals surface area contributed by atoms with Crippen molar-refractivity contribution in [2.24, 2.45) is 11.8 Å². The lowest BCUT2D eigenvalue weighted by Gasteiger charge is -2.40. The van der Waals surface area contributed by atoms with E-state index in [4.69, 9.17) is 0 Å². The first kappa shape index (κ1) is 21.1. The average molecular weight is 378 g/mol. The van der Waals surface area contributed by atoms with Gasteiger partial charge in [0.15, 0.2) is 11.6 Å². The Morgan fingerprint density at radius 1 is 1.19 bits per heavy atom. The number of amides is 2. The number of hydrogen-bond donors (Lipinski definition) is 1. The van der Waals surface area contributed by atoms with Gasteiger partial charge in [0.1, 0.15) is 6.04 Å². The van der Waals surface area contributed by atoms with Gasteiger partial charge in [-0.2, -0.15) is 0 Å². The van der Waals surface area contributed by atoms with Crippen LogP contribution in [0.2, 0.25) is 0 Å². The Morgan fingerprint density at radius 2 is 1.85 bits per heavy atom. The lowest BCUT2D eigenvalue weighted by Crippen LogP contribution is -2.61. The molecule has 6 heteroatoms. The number of rotatable bonds is 6. The summed E-state index contributed by atoms with van der Waals surface area (Å²) in [7, 11) is 0. The van der Waals surface area contributed by atoms with E-state index in [-0.39, 0.29) is 23.8 Å². The van der Waals surface area contributed by atoms with Crippen LogP contribution < -0.4 is 5.32 Å². The Morgan fingerprint density at radius 3 is 2.44 bits per heavy atom. The molecule has 1 heterocycles. The number of benzene rings is 1. The second kappa shape index (κ2) is 9.11. The fourth-order valence-corrected chi connectivity index (χ4v) is 3.36. The average Bonchev–Trinajstić information content (AvgIpc) is 2.57. The molecule has 1 aliphatic heterocycles. The summed E-state index contributed by atoms with van der Waals surface area (Å²) < 4.78 is 26.4. The highest BCUT2D eigenvalue weighted by Crippen LogP contribution is 2.20. The third-order valence-corrected chi connectivity index (χ3v) is 4.54.